The molecule has 4 aromatic rings. The third-order valence-electron chi connectivity index (χ3n) is 9.59. The van der Waals surface area contributed by atoms with Crippen molar-refractivity contribution in [1.82, 2.24) is 10.4 Å². The van der Waals surface area contributed by atoms with Crippen molar-refractivity contribution in [2.24, 2.45) is 0 Å². The maximum Gasteiger partial charge on any atom is 0.250 e. The third kappa shape index (κ3) is 9.23. The first-order valence-electron chi connectivity index (χ1n) is 17.9. The summed E-state index contributed by atoms with van der Waals surface area (Å²) < 4.78 is 33.2. The molecule has 9 nitrogen and oxygen atoms in total. The van der Waals surface area contributed by atoms with Crippen molar-refractivity contribution in [3.8, 4) is 0 Å². The number of benzene rings is 4. The van der Waals surface area contributed by atoms with Crippen molar-refractivity contribution < 1.29 is 33.7 Å². The summed E-state index contributed by atoms with van der Waals surface area (Å²) in [5.74, 6) is -0.413. The number of hydroxylamine groups is 2. The molecule has 273 valence electrons. The van der Waals surface area contributed by atoms with Gasteiger partial charge in [-0.1, -0.05) is 127 Å². The molecule has 52 heavy (non-hydrogen) atoms. The molecule has 1 amide bonds. The third-order valence-corrected chi connectivity index (χ3v) is 9.59. The van der Waals surface area contributed by atoms with Crippen molar-refractivity contribution >= 4 is 5.91 Å². The van der Waals surface area contributed by atoms with Crippen molar-refractivity contribution in [1.29, 1.82) is 0 Å². The molecule has 9 heteroatoms. The van der Waals surface area contributed by atoms with Crippen LogP contribution in [0.3, 0.4) is 0 Å². The average Bonchev–Trinajstić information content (AvgIpc) is 3.33. The van der Waals surface area contributed by atoms with Gasteiger partial charge in [0.15, 0.2) is 6.23 Å². The van der Waals surface area contributed by atoms with Crippen molar-refractivity contribution in [3.63, 3.8) is 0 Å². The Morgan fingerprint density at radius 1 is 0.635 bits per heavy atom. The smallest absolute Gasteiger partial charge is 0.250 e. The van der Waals surface area contributed by atoms with E-state index in [1.165, 1.54) is 0 Å². The van der Waals surface area contributed by atoms with E-state index in [2.05, 4.69) is 5.32 Å². The lowest BCUT2D eigenvalue weighted by molar-refractivity contribution is -0.277. The van der Waals surface area contributed by atoms with Crippen LogP contribution in [0, 0.1) is 0 Å². The molecule has 5 atom stereocenters. The van der Waals surface area contributed by atoms with Gasteiger partial charge < -0.3 is 29.0 Å². The molecule has 2 heterocycles. The van der Waals surface area contributed by atoms with E-state index >= 15 is 0 Å². The van der Waals surface area contributed by atoms with E-state index in [9.17, 15) is 10.0 Å². The Bertz CT molecular complexity index is 1730. The Balaban J connectivity index is 1.34. The van der Waals surface area contributed by atoms with E-state index < -0.39 is 47.6 Å². The fourth-order valence-electron chi connectivity index (χ4n) is 6.87. The van der Waals surface area contributed by atoms with Crippen molar-refractivity contribution in [3.05, 3.63) is 155 Å². The van der Waals surface area contributed by atoms with Gasteiger partial charge in [0.2, 0.25) is 0 Å². The van der Waals surface area contributed by atoms with Crippen LogP contribution in [0.2, 0.25) is 0 Å². The zero-order valence-electron chi connectivity index (χ0n) is 30.4. The highest BCUT2D eigenvalue weighted by atomic mass is 16.6. The van der Waals surface area contributed by atoms with Gasteiger partial charge in [-0.25, -0.2) is 0 Å². The molecule has 1 N–H and O–H groups in total. The summed E-state index contributed by atoms with van der Waals surface area (Å²) in [6.45, 7) is 8.44. The van der Waals surface area contributed by atoms with Crippen LogP contribution in [-0.2, 0) is 60.1 Å². The number of amides is 1. The monoisotopic (exact) mass is 705 g/mol. The summed E-state index contributed by atoms with van der Waals surface area (Å²) in [5.41, 5.74) is 2.37. The maximum atomic E-state index is 14.2. The quantitative estimate of drug-likeness (QED) is 0.143. The lowest BCUT2D eigenvalue weighted by atomic mass is 9.94. The summed E-state index contributed by atoms with van der Waals surface area (Å²) in [6.07, 6.45) is -2.05. The fourth-order valence-corrected chi connectivity index (χ4v) is 6.87. The minimum Gasteiger partial charge on any atom is -0.374 e. The minimum atomic E-state index is -1.06. The number of hydrogen-bond acceptors (Lipinski definition) is 7. The average molecular weight is 706 g/mol. The van der Waals surface area contributed by atoms with Crippen LogP contribution < -0.4 is 5.32 Å². The second-order valence-corrected chi connectivity index (χ2v) is 14.4. The molecular weight excluding hydrogens is 656 g/mol. The van der Waals surface area contributed by atoms with E-state index in [0.29, 0.717) is 18.8 Å². The molecule has 2 aliphatic rings. The molecule has 6 rings (SSSR count). The standard InChI is InChI=1S/C43H49N2O7/c1-42(2)25-35(43(3,4)45(42)47)40(46)44-41-39(51-29-34-23-15-8-16-24-34)38(50-28-33-21-13-7-14-22-33)37(49-27-32-19-11-6-12-20-32)36(52-41)30-48-26-31-17-9-5-10-18-31/h5-25,36-39,41H,26-30H2,1-4H3,(H,44,46)/t36-,37-,38+,39-,41+/m1/s1. The second-order valence-electron chi connectivity index (χ2n) is 14.4. The Labute approximate surface area is 307 Å². The Morgan fingerprint density at radius 2 is 1.06 bits per heavy atom. The topological polar surface area (TPSA) is 98.4 Å². The molecule has 4 aromatic carbocycles. The molecule has 1 radical (unpaired) electrons. The number of carbonyl (C=O) groups excluding carboxylic acids is 1. The zero-order valence-corrected chi connectivity index (χ0v) is 30.4. The Morgan fingerprint density at radius 3 is 1.50 bits per heavy atom. The highest BCUT2D eigenvalue weighted by molar-refractivity contribution is 5.96. The molecule has 1 fully saturated rings. The number of nitrogens with zero attached hydrogens (tertiary/aromatic N) is 1. The molecule has 0 spiro atoms. The lowest BCUT2D eigenvalue weighted by Crippen LogP contribution is -2.65. The highest BCUT2D eigenvalue weighted by Gasteiger charge is 2.52. The highest BCUT2D eigenvalue weighted by Crippen LogP contribution is 2.39. The number of nitrogens with one attached hydrogen (secondary N) is 1. The van der Waals surface area contributed by atoms with E-state index in [4.69, 9.17) is 23.7 Å². The van der Waals surface area contributed by atoms with E-state index in [-0.39, 0.29) is 19.8 Å². The van der Waals surface area contributed by atoms with Gasteiger partial charge in [-0.3, -0.25) is 4.79 Å². The second kappa shape index (κ2) is 17.1. The SMILES string of the molecule is CC1(C)C=C(C(=O)N[C@H]2O[C@H](COCc3ccccc3)[C@@H](OCc3ccccc3)[C@H](OCc3ccccc3)[C@H]2OCc2ccccc2)C(C)(C)N1[O]. The summed E-state index contributed by atoms with van der Waals surface area (Å²) >= 11 is 0. The molecule has 0 saturated carbocycles. The number of rotatable bonds is 15. The summed E-state index contributed by atoms with van der Waals surface area (Å²) in [6, 6.07) is 39.6. The van der Waals surface area contributed by atoms with Gasteiger partial charge in [0.05, 0.1) is 44.1 Å². The number of ether oxygens (including phenoxy) is 5. The van der Waals surface area contributed by atoms with Gasteiger partial charge >= 0.3 is 0 Å². The largest absolute Gasteiger partial charge is 0.374 e. The van der Waals surface area contributed by atoms with Crippen LogP contribution in [0.25, 0.3) is 0 Å². The van der Waals surface area contributed by atoms with E-state index in [1.807, 2.05) is 121 Å². The Hall–Kier alpha value is -4.19. The summed E-state index contributed by atoms with van der Waals surface area (Å²) in [4.78, 5) is 14.2. The first kappa shape index (κ1) is 37.6. The van der Waals surface area contributed by atoms with Crippen LogP contribution in [0.4, 0.5) is 0 Å². The molecule has 1 saturated heterocycles. The number of hydrogen-bond donors (Lipinski definition) is 1. The van der Waals surface area contributed by atoms with Gasteiger partial charge in [0.1, 0.15) is 24.4 Å². The number of carbonyl (C=O) groups is 1. The van der Waals surface area contributed by atoms with Crippen molar-refractivity contribution in [2.75, 3.05) is 6.61 Å². The lowest BCUT2D eigenvalue weighted by Gasteiger charge is -2.46. The van der Waals surface area contributed by atoms with Crippen LogP contribution >= 0.6 is 0 Å². The van der Waals surface area contributed by atoms with Crippen LogP contribution in [0.1, 0.15) is 49.9 Å². The predicted octanol–water partition coefficient (Wildman–Crippen LogP) is 6.95. The molecule has 0 aliphatic carbocycles. The van der Waals surface area contributed by atoms with Crippen LogP contribution in [0.15, 0.2) is 133 Å². The van der Waals surface area contributed by atoms with Crippen LogP contribution in [-0.4, -0.2) is 59.3 Å². The van der Waals surface area contributed by atoms with Gasteiger partial charge in [-0.2, -0.15) is 0 Å². The van der Waals surface area contributed by atoms with E-state index in [0.717, 1.165) is 27.3 Å². The summed E-state index contributed by atoms with van der Waals surface area (Å²) in [5, 5.41) is 17.3. The first-order valence-corrected chi connectivity index (χ1v) is 17.9. The predicted molar refractivity (Wildman–Crippen MR) is 197 cm³/mol. The van der Waals surface area contributed by atoms with Crippen molar-refractivity contribution in [2.45, 2.75) is 95.8 Å². The minimum absolute atomic E-state index is 0.160. The summed E-state index contributed by atoms with van der Waals surface area (Å²) in [7, 11) is 0. The first-order chi connectivity index (χ1) is 25.1. The normalized spacial score (nSPS) is 23.9. The molecule has 0 bridgehead atoms. The Kier molecular flexibility index (Phi) is 12.3. The molecule has 0 unspecified atom stereocenters. The maximum absolute atomic E-state index is 14.2. The van der Waals surface area contributed by atoms with Crippen LogP contribution in [0.5, 0.6) is 0 Å². The van der Waals surface area contributed by atoms with Gasteiger partial charge in [-0.15, -0.1) is 10.3 Å². The molecular formula is C43H49N2O7. The zero-order chi connectivity index (χ0) is 36.6. The molecule has 2 aliphatic heterocycles. The van der Waals surface area contributed by atoms with Gasteiger partial charge in [0, 0.05) is 5.57 Å². The van der Waals surface area contributed by atoms with Gasteiger partial charge in [-0.05, 0) is 49.9 Å². The van der Waals surface area contributed by atoms with Gasteiger partial charge in [0.25, 0.3) is 5.91 Å². The fraction of sp³-hybridized carbons (Fsp3) is 0.372. The van der Waals surface area contributed by atoms with E-state index in [1.54, 1.807) is 33.8 Å². The molecule has 0 aromatic heterocycles.